The molecule has 0 radical (unpaired) electrons. The van der Waals surface area contributed by atoms with Gasteiger partial charge in [-0.1, -0.05) is 65.2 Å². The number of aliphatic hydroxyl groups excluding tert-OH is 1. The van der Waals surface area contributed by atoms with Gasteiger partial charge < -0.3 is 24.3 Å². The summed E-state index contributed by atoms with van der Waals surface area (Å²) in [5.41, 5.74) is 0. The molecule has 0 amide bonds. The maximum atomic E-state index is 9.00. The first-order valence-corrected chi connectivity index (χ1v) is 12.3. The van der Waals surface area contributed by atoms with Crippen LogP contribution in [-0.4, -0.2) is 70.8 Å². The third-order valence-electron chi connectivity index (χ3n) is 2.99. The van der Waals surface area contributed by atoms with E-state index in [9.17, 15) is 0 Å². The second-order valence-corrected chi connectivity index (χ2v) is 11.5. The number of carboxylic acid groups (broad SMARTS) is 2. The van der Waals surface area contributed by atoms with Crippen molar-refractivity contribution in [1.29, 1.82) is 0 Å². The van der Waals surface area contributed by atoms with Crippen LogP contribution in [0.3, 0.4) is 0 Å². The van der Waals surface area contributed by atoms with E-state index in [-0.39, 0.29) is 55.7 Å². The zero-order valence-corrected chi connectivity index (χ0v) is 24.9. The molecule has 0 saturated carbocycles. The van der Waals surface area contributed by atoms with E-state index in [0.717, 1.165) is 21.0 Å². The number of aliphatic hydroxyl groups is 1. The van der Waals surface area contributed by atoms with Crippen LogP contribution in [-0.2, 0) is 50.4 Å². The predicted molar refractivity (Wildman–Crippen MR) is 135 cm³/mol. The van der Waals surface area contributed by atoms with Gasteiger partial charge in [-0.05, 0) is 34.6 Å². The summed E-state index contributed by atoms with van der Waals surface area (Å²) in [7, 11) is 5.66. The van der Waals surface area contributed by atoms with Gasteiger partial charge in [-0.2, -0.15) is 0 Å². The minimum absolute atomic E-state index is 0. The number of hydrogen-bond donors (Lipinski definition) is 3. The molecule has 1 atom stereocenters. The minimum Gasteiger partial charge on any atom is -0.481 e. The molecule has 0 aromatic heterocycles. The van der Waals surface area contributed by atoms with Crippen LogP contribution in [0.1, 0.15) is 42.0 Å². The molecule has 0 aliphatic rings. The number of nitrogens with zero attached hydrogens (tertiary/aromatic N) is 2. The molecule has 0 aliphatic heterocycles. The summed E-state index contributed by atoms with van der Waals surface area (Å²) in [4.78, 5) is 18.0. The molecule has 1 unspecified atom stereocenters. The molecule has 7 nitrogen and oxygen atoms in total. The summed E-state index contributed by atoms with van der Waals surface area (Å²) < 4.78 is 5.99. The van der Waals surface area contributed by atoms with Crippen LogP contribution in [0.2, 0.25) is 13.1 Å². The Morgan fingerprint density at radius 2 is 1.29 bits per heavy atom. The van der Waals surface area contributed by atoms with E-state index in [1.54, 1.807) is 10.0 Å². The molecular weight excluding hydrogens is 636 g/mol. The molecule has 1 aromatic carbocycles. The summed E-state index contributed by atoms with van der Waals surface area (Å²) >= 11 is 0. The number of rotatable bonds is 4. The van der Waals surface area contributed by atoms with Gasteiger partial charge >= 0.3 is 0 Å². The number of benzene rings is 1. The van der Waals surface area contributed by atoms with Crippen molar-refractivity contribution in [3.8, 4) is 0 Å². The average Bonchev–Trinajstić information content (AvgIpc) is 2.57. The van der Waals surface area contributed by atoms with Crippen LogP contribution in [0, 0.1) is 0 Å². The van der Waals surface area contributed by atoms with Gasteiger partial charge in [-0.15, -0.1) is 0 Å². The molecule has 0 aliphatic carbocycles. The van der Waals surface area contributed by atoms with Crippen LogP contribution >= 0.6 is 9.39 Å². The number of carbonyl (C=O) groups is 2. The Labute approximate surface area is 224 Å². The molecule has 194 valence electrons. The molecule has 0 spiro atoms. The Kier molecular flexibility index (Phi) is 63.7. The fourth-order valence-electron chi connectivity index (χ4n) is 1.68. The van der Waals surface area contributed by atoms with E-state index >= 15 is 0 Å². The first-order valence-electron chi connectivity index (χ1n) is 8.23. The van der Waals surface area contributed by atoms with Crippen molar-refractivity contribution in [2.75, 3.05) is 20.7 Å². The number of aliphatic carboxylic acids is 2. The zero-order chi connectivity index (χ0) is 22.5. The molecule has 31 heavy (non-hydrogen) atoms. The molecule has 0 bridgehead atoms. The summed E-state index contributed by atoms with van der Waals surface area (Å²) in [6, 6.07) is 10.9. The maximum Gasteiger partial charge on any atom is 0.300 e. The van der Waals surface area contributed by atoms with Gasteiger partial charge in [-0.25, -0.2) is 0 Å². The van der Waals surface area contributed by atoms with Crippen molar-refractivity contribution in [3.05, 3.63) is 30.3 Å². The van der Waals surface area contributed by atoms with Gasteiger partial charge in [0.15, 0.2) is 8.24 Å². The van der Waals surface area contributed by atoms with E-state index in [0.29, 0.717) is 0 Å². The van der Waals surface area contributed by atoms with Gasteiger partial charge in [-0.3, -0.25) is 9.59 Å². The molecule has 3 N–H and O–H groups in total. The summed E-state index contributed by atoms with van der Waals surface area (Å²) in [5, 5.41) is 23.4. The van der Waals surface area contributed by atoms with Gasteiger partial charge in [0.1, 0.15) is 0 Å². The van der Waals surface area contributed by atoms with Gasteiger partial charge in [0.05, 0.1) is 10.0 Å². The zero-order valence-electron chi connectivity index (χ0n) is 18.3. The summed E-state index contributed by atoms with van der Waals surface area (Å²) in [6.07, 6.45) is 1.24. The standard InChI is InChI=1S/C12H21NSi.2C2H4O2.CH4O.2CH4.H4NPSi.2Pd/c1-5-11-13(2)14(3,4)12-9-7-6-8-10-12;2*1-2(3)4;1-2;;;2-1-3;;/h6-10H,5,11H2,1-4H3;2*1H3,(H,3,4);2H,1H3;2*1H4;2-3H2;;. The predicted octanol–water partition coefficient (Wildman–Crippen LogP) is 3.09. The Balaban J connectivity index is -0.0000000441. The van der Waals surface area contributed by atoms with Crippen molar-refractivity contribution >= 4 is 44.8 Å². The summed E-state index contributed by atoms with van der Waals surface area (Å²) in [5.74, 6) is -1.67. The van der Waals surface area contributed by atoms with Gasteiger partial charge in [0.2, 0.25) is 0 Å². The fourth-order valence-corrected chi connectivity index (χ4v) is 3.91. The van der Waals surface area contributed by atoms with Crippen molar-refractivity contribution in [1.82, 2.24) is 4.57 Å². The van der Waals surface area contributed by atoms with Crippen LogP contribution in [0.5, 0.6) is 0 Å². The van der Waals surface area contributed by atoms with E-state index in [4.69, 9.17) is 24.9 Å². The molecule has 1 rings (SSSR count). The van der Waals surface area contributed by atoms with Crippen molar-refractivity contribution in [3.63, 3.8) is 0 Å². The second-order valence-electron chi connectivity index (χ2n) is 5.57. The number of carboxylic acids is 2. The Hall–Kier alpha value is 0.0684. The average molecular weight is 682 g/mol. The Bertz CT molecular complexity index is 483. The first-order chi connectivity index (χ1) is 12.5. The van der Waals surface area contributed by atoms with Crippen LogP contribution in [0.15, 0.2) is 34.7 Å². The molecule has 0 heterocycles. The largest absolute Gasteiger partial charge is 0.481 e. The normalized spacial score (nSPS) is 7.68. The molecule has 12 heteroatoms. The second kappa shape index (κ2) is 37.4. The molecule has 1 aromatic rings. The SMILES string of the molecule is C.C.CC(=O)O.CC(=O)O.CCCN(C)[Si](C)(C)c1ccccc1.CO.[Pd].[Pd].[SiH2]=NP. The first kappa shape index (κ1) is 52.8. The van der Waals surface area contributed by atoms with E-state index in [1.165, 1.54) is 18.2 Å². The van der Waals surface area contributed by atoms with Crippen molar-refractivity contribution in [2.45, 2.75) is 55.1 Å². The summed E-state index contributed by atoms with van der Waals surface area (Å²) in [6.45, 7) is 10.4. The third-order valence-corrected chi connectivity index (χ3v) is 6.87. The van der Waals surface area contributed by atoms with E-state index < -0.39 is 20.2 Å². The van der Waals surface area contributed by atoms with Crippen LogP contribution < -0.4 is 5.19 Å². The van der Waals surface area contributed by atoms with Gasteiger partial charge in [0, 0.05) is 61.8 Å². The Morgan fingerprint density at radius 1 is 1.03 bits per heavy atom. The van der Waals surface area contributed by atoms with Crippen LogP contribution in [0.25, 0.3) is 0 Å². The smallest absolute Gasteiger partial charge is 0.300 e. The quantitative estimate of drug-likeness (QED) is 0.333. The topological polar surface area (TPSA) is 110 Å². The molecule has 0 saturated heterocycles. The maximum absolute atomic E-state index is 9.00. The van der Waals surface area contributed by atoms with Crippen LogP contribution in [0.4, 0.5) is 0 Å². The van der Waals surface area contributed by atoms with Crippen molar-refractivity contribution in [2.24, 2.45) is 4.40 Å². The Morgan fingerprint density at radius 3 is 1.52 bits per heavy atom. The fraction of sp³-hybridized carbons (Fsp3) is 0.579. The molecular formula is C19H45N2O5PPd2Si2. The number of hydrogen-bond acceptors (Lipinski definition) is 5. The van der Waals surface area contributed by atoms with Crippen molar-refractivity contribution < 1.29 is 65.8 Å². The minimum atomic E-state index is -1.37. The molecule has 0 fully saturated rings. The van der Waals surface area contributed by atoms with Gasteiger partial charge in [0.25, 0.3) is 11.9 Å². The van der Waals surface area contributed by atoms with E-state index in [1.807, 2.05) is 0 Å². The monoisotopic (exact) mass is 680 g/mol. The third kappa shape index (κ3) is 44.5. The van der Waals surface area contributed by atoms with E-state index in [2.05, 4.69) is 75.8 Å².